The molecule has 0 spiro atoms. The molecule has 1 aromatic carbocycles. The molecule has 2 fully saturated rings. The van der Waals surface area contributed by atoms with Crippen molar-refractivity contribution in [2.45, 2.75) is 18.9 Å². The molecule has 2 aliphatic rings. The summed E-state index contributed by atoms with van der Waals surface area (Å²) in [6.07, 6.45) is 0.755. The molecule has 0 aliphatic carbocycles. The van der Waals surface area contributed by atoms with Gasteiger partial charge in [0.1, 0.15) is 6.54 Å². The highest BCUT2D eigenvalue weighted by molar-refractivity contribution is 6.31. The first-order valence-electron chi connectivity index (χ1n) is 8.79. The monoisotopic (exact) mass is 414 g/mol. The van der Waals surface area contributed by atoms with Gasteiger partial charge in [-0.15, -0.1) is 12.4 Å². The van der Waals surface area contributed by atoms with Gasteiger partial charge < -0.3 is 15.1 Å². The van der Waals surface area contributed by atoms with Crippen molar-refractivity contribution in [2.24, 2.45) is 0 Å². The van der Waals surface area contributed by atoms with E-state index in [1.165, 1.54) is 9.80 Å². The fraction of sp³-hybridized carbons (Fsp3) is 0.500. The Morgan fingerprint density at radius 3 is 2.70 bits per heavy atom. The zero-order valence-corrected chi connectivity index (χ0v) is 16.8. The van der Waals surface area contributed by atoms with Crippen molar-refractivity contribution in [3.05, 3.63) is 34.9 Å². The molecule has 3 rings (SSSR count). The maximum atomic E-state index is 12.8. The van der Waals surface area contributed by atoms with Gasteiger partial charge in [-0.05, 0) is 18.1 Å². The van der Waals surface area contributed by atoms with Crippen LogP contribution in [0.1, 0.15) is 24.4 Å². The van der Waals surface area contributed by atoms with Crippen LogP contribution in [0.5, 0.6) is 0 Å². The summed E-state index contributed by atoms with van der Waals surface area (Å²) in [7, 11) is 1.60. The molecule has 7 nitrogen and oxygen atoms in total. The fourth-order valence-electron chi connectivity index (χ4n) is 3.45. The van der Waals surface area contributed by atoms with Crippen LogP contribution in [-0.4, -0.2) is 72.3 Å². The summed E-state index contributed by atoms with van der Waals surface area (Å²) in [5, 5.41) is 3.96. The first kappa shape index (κ1) is 21.5. The Morgan fingerprint density at radius 1 is 1.30 bits per heavy atom. The van der Waals surface area contributed by atoms with Gasteiger partial charge in [0.2, 0.25) is 11.8 Å². The van der Waals surface area contributed by atoms with E-state index < -0.39 is 0 Å². The lowest BCUT2D eigenvalue weighted by Crippen LogP contribution is -2.48. The molecule has 2 saturated heterocycles. The number of carbonyl (C=O) groups excluding carboxylic acids is 3. The number of hydrogen-bond acceptors (Lipinski definition) is 4. The summed E-state index contributed by atoms with van der Waals surface area (Å²) in [6.45, 7) is 2.39. The second-order valence-electron chi connectivity index (χ2n) is 6.62. The van der Waals surface area contributed by atoms with E-state index in [-0.39, 0.29) is 49.4 Å². The molecule has 0 aromatic heterocycles. The van der Waals surface area contributed by atoms with Crippen LogP contribution >= 0.6 is 24.0 Å². The Bertz CT molecular complexity index is 716. The van der Waals surface area contributed by atoms with E-state index in [9.17, 15) is 14.4 Å². The second-order valence-corrected chi connectivity index (χ2v) is 7.02. The smallest absolute Gasteiger partial charge is 0.326 e. The predicted octanol–water partition coefficient (Wildman–Crippen LogP) is 1.91. The molecule has 2 heterocycles. The summed E-state index contributed by atoms with van der Waals surface area (Å²) < 4.78 is 0. The molecule has 9 heteroatoms. The van der Waals surface area contributed by atoms with Gasteiger partial charge in [0, 0.05) is 44.7 Å². The zero-order valence-electron chi connectivity index (χ0n) is 15.2. The van der Waals surface area contributed by atoms with Crippen molar-refractivity contribution in [2.75, 3.05) is 39.8 Å². The Morgan fingerprint density at radius 2 is 2.04 bits per heavy atom. The standard InChI is InChI=1S/C18H23ClN4O3.ClH/c1-21-12-17(25)23(18(21)26)9-4-7-16(24)22-10-8-20-11-15(22)13-5-2-3-6-14(13)19;/h2-3,5-6,15,20H,4,7-12H2,1H3;1H. The topological polar surface area (TPSA) is 73.0 Å². The Balaban J connectivity index is 0.00000261. The average molecular weight is 415 g/mol. The predicted molar refractivity (Wildman–Crippen MR) is 105 cm³/mol. The number of nitrogens with zero attached hydrogens (tertiary/aromatic N) is 3. The van der Waals surface area contributed by atoms with E-state index >= 15 is 0 Å². The number of likely N-dealkylation sites (N-methyl/N-ethyl adjacent to an activating group) is 1. The van der Waals surface area contributed by atoms with E-state index in [0.29, 0.717) is 31.0 Å². The van der Waals surface area contributed by atoms with Crippen LogP contribution in [0.25, 0.3) is 0 Å². The molecule has 1 N–H and O–H groups in total. The number of amides is 4. The van der Waals surface area contributed by atoms with Crippen molar-refractivity contribution in [1.29, 1.82) is 0 Å². The molecular formula is C18H24Cl2N4O3. The molecule has 1 aromatic rings. The number of rotatable bonds is 5. The number of urea groups is 1. The van der Waals surface area contributed by atoms with Gasteiger partial charge in [-0.2, -0.15) is 0 Å². The van der Waals surface area contributed by atoms with Gasteiger partial charge >= 0.3 is 6.03 Å². The number of benzene rings is 1. The summed E-state index contributed by atoms with van der Waals surface area (Å²) in [4.78, 5) is 40.9. The van der Waals surface area contributed by atoms with Crippen molar-refractivity contribution in [1.82, 2.24) is 20.0 Å². The van der Waals surface area contributed by atoms with Gasteiger partial charge in [0.25, 0.3) is 0 Å². The third-order valence-electron chi connectivity index (χ3n) is 4.83. The molecule has 148 valence electrons. The second kappa shape index (κ2) is 9.39. The summed E-state index contributed by atoms with van der Waals surface area (Å²) in [5.74, 6) is -0.190. The first-order valence-corrected chi connectivity index (χ1v) is 9.17. The van der Waals surface area contributed by atoms with Gasteiger partial charge in [-0.3, -0.25) is 14.5 Å². The molecular weight excluding hydrogens is 391 g/mol. The van der Waals surface area contributed by atoms with Crippen molar-refractivity contribution in [3.63, 3.8) is 0 Å². The first-order chi connectivity index (χ1) is 12.5. The highest BCUT2D eigenvalue weighted by Crippen LogP contribution is 2.29. The van der Waals surface area contributed by atoms with Gasteiger partial charge in [-0.25, -0.2) is 4.79 Å². The summed E-state index contributed by atoms with van der Waals surface area (Å²) in [5.41, 5.74) is 0.932. The van der Waals surface area contributed by atoms with Gasteiger partial charge in [-0.1, -0.05) is 29.8 Å². The number of carbonyl (C=O) groups is 3. The summed E-state index contributed by atoms with van der Waals surface area (Å²) >= 11 is 6.31. The molecule has 1 atom stereocenters. The maximum Gasteiger partial charge on any atom is 0.326 e. The molecule has 27 heavy (non-hydrogen) atoms. The lowest BCUT2D eigenvalue weighted by Gasteiger charge is -2.37. The molecule has 0 radical (unpaired) electrons. The van der Waals surface area contributed by atoms with Gasteiger partial charge in [0.05, 0.1) is 6.04 Å². The summed E-state index contributed by atoms with van der Waals surface area (Å²) in [6, 6.07) is 7.16. The third kappa shape index (κ3) is 4.72. The Labute approximate surface area is 170 Å². The molecule has 1 unspecified atom stereocenters. The van der Waals surface area contributed by atoms with Crippen LogP contribution in [-0.2, 0) is 9.59 Å². The van der Waals surface area contributed by atoms with Crippen LogP contribution in [0.2, 0.25) is 5.02 Å². The fourth-order valence-corrected chi connectivity index (χ4v) is 3.71. The normalized spacial score (nSPS) is 20.1. The van der Waals surface area contributed by atoms with Crippen LogP contribution in [0, 0.1) is 0 Å². The van der Waals surface area contributed by atoms with E-state index in [0.717, 1.165) is 12.1 Å². The quantitative estimate of drug-likeness (QED) is 0.746. The van der Waals surface area contributed by atoms with Crippen LogP contribution in [0.3, 0.4) is 0 Å². The molecule has 2 aliphatic heterocycles. The minimum absolute atomic E-state index is 0. The Hall–Kier alpha value is -1.83. The largest absolute Gasteiger partial charge is 0.333 e. The number of nitrogens with one attached hydrogen (secondary N) is 1. The number of piperazine rings is 1. The highest BCUT2D eigenvalue weighted by atomic mass is 35.5. The SMILES string of the molecule is CN1CC(=O)N(CCCC(=O)N2CCNCC2c2ccccc2Cl)C1=O.Cl. The van der Waals surface area contributed by atoms with E-state index in [1.54, 1.807) is 7.05 Å². The maximum absolute atomic E-state index is 12.8. The Kier molecular flexibility index (Phi) is 7.47. The minimum atomic E-state index is -0.293. The van der Waals surface area contributed by atoms with Crippen molar-refractivity contribution < 1.29 is 14.4 Å². The number of hydrogen-bond donors (Lipinski definition) is 1. The van der Waals surface area contributed by atoms with E-state index in [4.69, 9.17) is 11.6 Å². The lowest BCUT2D eigenvalue weighted by molar-refractivity contribution is -0.135. The van der Waals surface area contributed by atoms with E-state index in [1.807, 2.05) is 29.2 Å². The third-order valence-corrected chi connectivity index (χ3v) is 5.18. The highest BCUT2D eigenvalue weighted by Gasteiger charge is 2.33. The van der Waals surface area contributed by atoms with Crippen LogP contribution in [0.15, 0.2) is 24.3 Å². The molecule has 0 saturated carbocycles. The van der Waals surface area contributed by atoms with Crippen molar-refractivity contribution >= 4 is 41.9 Å². The zero-order chi connectivity index (χ0) is 18.7. The number of halogens is 2. The average Bonchev–Trinajstić information content (AvgIpc) is 2.88. The van der Waals surface area contributed by atoms with E-state index in [2.05, 4.69) is 5.32 Å². The van der Waals surface area contributed by atoms with Crippen LogP contribution < -0.4 is 5.32 Å². The van der Waals surface area contributed by atoms with Crippen LogP contribution in [0.4, 0.5) is 4.79 Å². The minimum Gasteiger partial charge on any atom is -0.333 e. The number of imide groups is 1. The lowest BCUT2D eigenvalue weighted by atomic mass is 10.0. The molecule has 4 amide bonds. The van der Waals surface area contributed by atoms with Crippen molar-refractivity contribution in [3.8, 4) is 0 Å². The van der Waals surface area contributed by atoms with Gasteiger partial charge in [0.15, 0.2) is 0 Å². The molecule has 0 bridgehead atoms.